The maximum absolute atomic E-state index is 12.4. The van der Waals surface area contributed by atoms with E-state index in [0.29, 0.717) is 36.8 Å². The van der Waals surface area contributed by atoms with E-state index in [4.69, 9.17) is 11.6 Å². The van der Waals surface area contributed by atoms with Crippen LogP contribution in [0.2, 0.25) is 5.02 Å². The Bertz CT molecular complexity index is 892. The second-order valence-corrected chi connectivity index (χ2v) is 7.17. The molecule has 0 unspecified atom stereocenters. The molecule has 0 atom stereocenters. The first kappa shape index (κ1) is 19.9. The van der Waals surface area contributed by atoms with E-state index < -0.39 is 11.7 Å². The minimum absolute atomic E-state index is 0.187. The monoisotopic (exact) mass is 399 g/mol. The van der Waals surface area contributed by atoms with Crippen LogP contribution in [0.25, 0.3) is 0 Å². The van der Waals surface area contributed by atoms with Gasteiger partial charge in [-0.2, -0.15) is 0 Å². The van der Waals surface area contributed by atoms with E-state index in [-0.39, 0.29) is 12.5 Å². The molecule has 0 aromatic heterocycles. The number of amides is 2. The Morgan fingerprint density at radius 1 is 1.00 bits per heavy atom. The number of halogens is 1. The number of aryl methyl sites for hydroxylation is 1. The van der Waals surface area contributed by atoms with Crippen LogP contribution in [0.1, 0.15) is 15.9 Å². The number of anilines is 1. The average Bonchev–Trinajstić information content (AvgIpc) is 2.71. The summed E-state index contributed by atoms with van der Waals surface area (Å²) in [4.78, 5) is 40.4. The number of benzene rings is 2. The van der Waals surface area contributed by atoms with Crippen LogP contribution in [0.3, 0.4) is 0 Å². The summed E-state index contributed by atoms with van der Waals surface area (Å²) >= 11 is 6.03. The van der Waals surface area contributed by atoms with Gasteiger partial charge in [-0.1, -0.05) is 41.4 Å². The number of ketones is 1. The molecule has 7 heteroatoms. The molecule has 0 spiro atoms. The maximum Gasteiger partial charge on any atom is 0.292 e. The number of carbonyl (C=O) groups excluding carboxylic acids is 3. The third kappa shape index (κ3) is 4.89. The van der Waals surface area contributed by atoms with E-state index in [0.717, 1.165) is 11.3 Å². The molecule has 28 heavy (non-hydrogen) atoms. The Morgan fingerprint density at radius 3 is 2.39 bits per heavy atom. The standard InChI is InChI=1S/C21H22ClN3O3/c1-15-4-2-5-16(12-15)20(27)21(28)23-14-19(26)25-10-8-24(9-11-25)18-7-3-6-17(22)13-18/h2-7,12-13H,8-11,14H2,1H3,(H,23,28). The molecule has 0 saturated carbocycles. The number of nitrogens with one attached hydrogen (secondary N) is 1. The second-order valence-electron chi connectivity index (χ2n) is 6.73. The highest BCUT2D eigenvalue weighted by atomic mass is 35.5. The molecule has 1 aliphatic heterocycles. The first-order valence-corrected chi connectivity index (χ1v) is 9.49. The first-order chi connectivity index (χ1) is 13.4. The van der Waals surface area contributed by atoms with Crippen molar-refractivity contribution in [2.24, 2.45) is 0 Å². The fraction of sp³-hybridized carbons (Fsp3) is 0.286. The van der Waals surface area contributed by atoms with Gasteiger partial charge >= 0.3 is 0 Å². The van der Waals surface area contributed by atoms with E-state index in [1.165, 1.54) is 0 Å². The Morgan fingerprint density at radius 2 is 1.71 bits per heavy atom. The molecule has 0 bridgehead atoms. The summed E-state index contributed by atoms with van der Waals surface area (Å²) in [6, 6.07) is 14.4. The predicted octanol–water partition coefficient (Wildman–Crippen LogP) is 2.30. The number of nitrogens with zero attached hydrogens (tertiary/aromatic N) is 2. The number of piperazine rings is 1. The van der Waals surface area contributed by atoms with Crippen molar-refractivity contribution in [3.8, 4) is 0 Å². The Labute approximate surface area is 169 Å². The van der Waals surface area contributed by atoms with E-state index in [1.54, 1.807) is 23.1 Å². The minimum atomic E-state index is -0.767. The van der Waals surface area contributed by atoms with Crippen molar-refractivity contribution in [2.75, 3.05) is 37.6 Å². The summed E-state index contributed by atoms with van der Waals surface area (Å²) in [5.74, 6) is -1.60. The SMILES string of the molecule is Cc1cccc(C(=O)C(=O)NCC(=O)N2CCN(c3cccc(Cl)c3)CC2)c1. The van der Waals surface area contributed by atoms with Crippen LogP contribution in [-0.2, 0) is 9.59 Å². The van der Waals surface area contributed by atoms with Crippen LogP contribution in [0, 0.1) is 6.92 Å². The van der Waals surface area contributed by atoms with E-state index in [1.807, 2.05) is 37.3 Å². The van der Waals surface area contributed by atoms with Gasteiger partial charge in [-0.05, 0) is 31.2 Å². The van der Waals surface area contributed by atoms with Crippen molar-refractivity contribution in [1.29, 1.82) is 0 Å². The molecule has 1 N–H and O–H groups in total. The van der Waals surface area contributed by atoms with Gasteiger partial charge in [0.2, 0.25) is 11.7 Å². The number of carbonyl (C=O) groups is 3. The van der Waals surface area contributed by atoms with Crippen molar-refractivity contribution in [3.63, 3.8) is 0 Å². The molecule has 1 saturated heterocycles. The summed E-state index contributed by atoms with van der Waals surface area (Å²) in [7, 11) is 0. The second kappa shape index (κ2) is 8.89. The summed E-state index contributed by atoms with van der Waals surface area (Å²) in [6.07, 6.45) is 0. The van der Waals surface area contributed by atoms with Gasteiger partial charge in [-0.3, -0.25) is 14.4 Å². The summed E-state index contributed by atoms with van der Waals surface area (Å²) < 4.78 is 0. The Kier molecular flexibility index (Phi) is 6.31. The molecular formula is C21H22ClN3O3. The molecule has 1 heterocycles. The smallest absolute Gasteiger partial charge is 0.292 e. The van der Waals surface area contributed by atoms with Crippen LogP contribution in [0.5, 0.6) is 0 Å². The zero-order valence-corrected chi connectivity index (χ0v) is 16.4. The van der Waals surface area contributed by atoms with Crippen LogP contribution in [0.15, 0.2) is 48.5 Å². The molecule has 146 valence electrons. The van der Waals surface area contributed by atoms with Crippen LogP contribution in [-0.4, -0.2) is 55.2 Å². The normalized spacial score (nSPS) is 13.9. The van der Waals surface area contributed by atoms with Crippen molar-refractivity contribution in [1.82, 2.24) is 10.2 Å². The van der Waals surface area contributed by atoms with Crippen molar-refractivity contribution in [2.45, 2.75) is 6.92 Å². The summed E-state index contributed by atoms with van der Waals surface area (Å²) in [6.45, 7) is 4.12. The predicted molar refractivity (Wildman–Crippen MR) is 109 cm³/mol. The lowest BCUT2D eigenvalue weighted by atomic mass is 10.1. The summed E-state index contributed by atoms with van der Waals surface area (Å²) in [5, 5.41) is 3.11. The lowest BCUT2D eigenvalue weighted by molar-refractivity contribution is -0.132. The van der Waals surface area contributed by atoms with Gasteiger partial charge in [-0.15, -0.1) is 0 Å². The van der Waals surface area contributed by atoms with Gasteiger partial charge in [0.1, 0.15) is 0 Å². The number of Topliss-reactive ketones (excluding diaryl/α,β-unsaturated/α-hetero) is 1. The van der Waals surface area contributed by atoms with Crippen LogP contribution >= 0.6 is 11.6 Å². The lowest BCUT2D eigenvalue weighted by Crippen LogP contribution is -2.51. The number of hydrogen-bond donors (Lipinski definition) is 1. The van der Waals surface area contributed by atoms with Gasteiger partial charge in [0.25, 0.3) is 5.91 Å². The number of rotatable bonds is 5. The van der Waals surface area contributed by atoms with Gasteiger partial charge < -0.3 is 15.1 Å². The van der Waals surface area contributed by atoms with Gasteiger partial charge in [0, 0.05) is 42.5 Å². The van der Waals surface area contributed by atoms with E-state index in [2.05, 4.69) is 10.2 Å². The van der Waals surface area contributed by atoms with E-state index >= 15 is 0 Å². The Balaban J connectivity index is 1.48. The molecule has 0 aliphatic carbocycles. The average molecular weight is 400 g/mol. The molecule has 2 aromatic carbocycles. The maximum atomic E-state index is 12.4. The fourth-order valence-corrected chi connectivity index (χ4v) is 3.34. The van der Waals surface area contributed by atoms with Gasteiger partial charge in [0.05, 0.1) is 6.54 Å². The van der Waals surface area contributed by atoms with Crippen molar-refractivity contribution < 1.29 is 14.4 Å². The molecular weight excluding hydrogens is 378 g/mol. The fourth-order valence-electron chi connectivity index (χ4n) is 3.15. The molecule has 2 aromatic rings. The lowest BCUT2D eigenvalue weighted by Gasteiger charge is -2.36. The summed E-state index contributed by atoms with van der Waals surface area (Å²) in [5.41, 5.74) is 2.24. The first-order valence-electron chi connectivity index (χ1n) is 9.11. The largest absolute Gasteiger partial charge is 0.368 e. The Hall–Kier alpha value is -2.86. The minimum Gasteiger partial charge on any atom is -0.368 e. The molecule has 1 aliphatic rings. The zero-order valence-electron chi connectivity index (χ0n) is 15.7. The third-order valence-corrected chi connectivity index (χ3v) is 4.93. The molecule has 1 fully saturated rings. The van der Waals surface area contributed by atoms with Crippen LogP contribution < -0.4 is 10.2 Å². The van der Waals surface area contributed by atoms with Crippen molar-refractivity contribution >= 4 is 34.9 Å². The number of hydrogen-bond acceptors (Lipinski definition) is 4. The highest BCUT2D eigenvalue weighted by molar-refractivity contribution is 6.43. The van der Waals surface area contributed by atoms with Crippen molar-refractivity contribution in [3.05, 3.63) is 64.7 Å². The third-order valence-electron chi connectivity index (χ3n) is 4.69. The quantitative estimate of drug-likeness (QED) is 0.618. The molecule has 3 rings (SSSR count). The highest BCUT2D eigenvalue weighted by Gasteiger charge is 2.23. The van der Waals surface area contributed by atoms with Gasteiger partial charge in [0.15, 0.2) is 0 Å². The van der Waals surface area contributed by atoms with E-state index in [9.17, 15) is 14.4 Å². The molecule has 0 radical (unpaired) electrons. The highest BCUT2D eigenvalue weighted by Crippen LogP contribution is 2.20. The molecule has 6 nitrogen and oxygen atoms in total. The van der Waals surface area contributed by atoms with Gasteiger partial charge in [-0.25, -0.2) is 0 Å². The zero-order chi connectivity index (χ0) is 20.1. The molecule has 2 amide bonds. The van der Waals surface area contributed by atoms with Crippen LogP contribution in [0.4, 0.5) is 5.69 Å². The topological polar surface area (TPSA) is 69.7 Å².